The summed E-state index contributed by atoms with van der Waals surface area (Å²) in [5.74, 6) is -0.102. The lowest BCUT2D eigenvalue weighted by Gasteiger charge is -2.39. The minimum atomic E-state index is -0.640. The molecule has 6 nitrogen and oxygen atoms in total. The Morgan fingerprint density at radius 1 is 1.23 bits per heavy atom. The Kier molecular flexibility index (Phi) is 8.06. The van der Waals surface area contributed by atoms with Crippen molar-refractivity contribution in [1.29, 1.82) is 0 Å². The van der Waals surface area contributed by atoms with Crippen molar-refractivity contribution in [3.8, 4) is 5.75 Å². The average molecular weight is 483 g/mol. The van der Waals surface area contributed by atoms with Crippen LogP contribution in [0.3, 0.4) is 0 Å². The fourth-order valence-electron chi connectivity index (χ4n) is 4.89. The number of amides is 2. The van der Waals surface area contributed by atoms with Crippen molar-refractivity contribution in [2.45, 2.75) is 64.7 Å². The minimum absolute atomic E-state index is 0.0242. The van der Waals surface area contributed by atoms with Gasteiger partial charge in [-0.15, -0.1) is 0 Å². The summed E-state index contributed by atoms with van der Waals surface area (Å²) in [5.41, 5.74) is 2.72. The van der Waals surface area contributed by atoms with E-state index in [1.54, 1.807) is 6.07 Å². The van der Waals surface area contributed by atoms with Gasteiger partial charge in [0.15, 0.2) is 6.10 Å². The third kappa shape index (κ3) is 5.84. The van der Waals surface area contributed by atoms with Crippen LogP contribution in [-0.4, -0.2) is 48.6 Å². The molecule has 0 saturated carbocycles. The Hall–Kier alpha value is -2.93. The topological polar surface area (TPSA) is 67.9 Å². The lowest BCUT2D eigenvalue weighted by Crippen LogP contribution is -2.43. The van der Waals surface area contributed by atoms with Crippen LogP contribution in [0.25, 0.3) is 0 Å². The number of benzene rings is 2. The molecule has 0 radical (unpaired) electrons. The Bertz CT molecular complexity index is 1050. The first kappa shape index (κ1) is 25.2. The number of nitrogens with one attached hydrogen (secondary N) is 1. The molecule has 1 fully saturated rings. The predicted octanol–water partition coefficient (Wildman–Crippen LogP) is 4.41. The van der Waals surface area contributed by atoms with Crippen LogP contribution >= 0.6 is 0 Å². The van der Waals surface area contributed by atoms with Gasteiger partial charge in [-0.2, -0.15) is 0 Å². The highest BCUT2D eigenvalue weighted by Crippen LogP contribution is 2.38. The fourth-order valence-corrected chi connectivity index (χ4v) is 4.89. The zero-order valence-corrected chi connectivity index (χ0v) is 20.8. The molecule has 4 rings (SSSR count). The molecule has 2 aliphatic rings. The van der Waals surface area contributed by atoms with E-state index in [0.29, 0.717) is 31.7 Å². The van der Waals surface area contributed by atoms with Crippen molar-refractivity contribution in [2.75, 3.05) is 19.7 Å². The van der Waals surface area contributed by atoms with E-state index >= 15 is 0 Å². The van der Waals surface area contributed by atoms with Crippen LogP contribution in [0.4, 0.5) is 4.39 Å². The van der Waals surface area contributed by atoms with Crippen molar-refractivity contribution in [3.05, 3.63) is 65.0 Å². The molecule has 0 aromatic heterocycles. The Balaban J connectivity index is 1.59. The van der Waals surface area contributed by atoms with E-state index in [1.165, 1.54) is 12.1 Å². The van der Waals surface area contributed by atoms with Crippen LogP contribution in [0.5, 0.6) is 5.75 Å². The number of nitrogens with zero attached hydrogens (tertiary/aromatic N) is 1. The van der Waals surface area contributed by atoms with Gasteiger partial charge in [-0.25, -0.2) is 4.39 Å². The van der Waals surface area contributed by atoms with Crippen molar-refractivity contribution in [3.63, 3.8) is 0 Å². The van der Waals surface area contributed by atoms with Crippen molar-refractivity contribution >= 4 is 11.8 Å². The second-order valence-electron chi connectivity index (χ2n) is 9.65. The molecular formula is C28H35FN2O4. The molecule has 188 valence electrons. The maximum atomic E-state index is 14.2. The number of halogens is 1. The third-order valence-electron chi connectivity index (χ3n) is 6.76. The van der Waals surface area contributed by atoms with Gasteiger partial charge in [0.25, 0.3) is 5.91 Å². The maximum Gasteiger partial charge on any atom is 0.261 e. The quantitative estimate of drug-likeness (QED) is 0.605. The molecule has 2 heterocycles. The van der Waals surface area contributed by atoms with Crippen LogP contribution in [0.2, 0.25) is 0 Å². The Morgan fingerprint density at radius 2 is 2.06 bits per heavy atom. The van der Waals surface area contributed by atoms with Gasteiger partial charge in [0.2, 0.25) is 5.91 Å². The highest BCUT2D eigenvalue weighted by molar-refractivity contribution is 5.81. The van der Waals surface area contributed by atoms with E-state index in [0.717, 1.165) is 36.1 Å². The SMILES string of the molecule is CC[C@H](Oc1ccc2c(c1)[C@H](c1cccc(F)c1)N(C(=O)C(C)C)CC2)C(=O)NC[C@H]1CCCO1. The molecule has 0 aliphatic carbocycles. The lowest BCUT2D eigenvalue weighted by atomic mass is 9.87. The van der Waals surface area contributed by atoms with Gasteiger partial charge in [0.05, 0.1) is 12.1 Å². The van der Waals surface area contributed by atoms with Crippen molar-refractivity contribution < 1.29 is 23.5 Å². The van der Waals surface area contributed by atoms with Crippen LogP contribution in [-0.2, 0) is 20.7 Å². The summed E-state index contributed by atoms with van der Waals surface area (Å²) < 4.78 is 25.9. The second-order valence-corrected chi connectivity index (χ2v) is 9.65. The van der Waals surface area contributed by atoms with E-state index in [9.17, 15) is 14.0 Å². The van der Waals surface area contributed by atoms with Gasteiger partial charge in [0, 0.05) is 25.6 Å². The summed E-state index contributed by atoms with van der Waals surface area (Å²) in [5, 5.41) is 2.95. The third-order valence-corrected chi connectivity index (χ3v) is 6.76. The molecule has 2 aromatic rings. The monoisotopic (exact) mass is 482 g/mol. The second kappa shape index (κ2) is 11.2. The lowest BCUT2D eigenvalue weighted by molar-refractivity contribution is -0.136. The van der Waals surface area contributed by atoms with Gasteiger partial charge < -0.3 is 19.7 Å². The minimum Gasteiger partial charge on any atom is -0.481 e. The first-order valence-corrected chi connectivity index (χ1v) is 12.6. The highest BCUT2D eigenvalue weighted by atomic mass is 19.1. The van der Waals surface area contributed by atoms with Crippen LogP contribution in [0, 0.1) is 11.7 Å². The van der Waals surface area contributed by atoms with Crippen LogP contribution in [0.1, 0.15) is 62.8 Å². The molecule has 1 saturated heterocycles. The largest absolute Gasteiger partial charge is 0.481 e. The summed E-state index contributed by atoms with van der Waals surface area (Å²) >= 11 is 0. The van der Waals surface area contributed by atoms with E-state index in [2.05, 4.69) is 5.32 Å². The molecule has 7 heteroatoms. The van der Waals surface area contributed by atoms with E-state index in [1.807, 2.05) is 49.9 Å². The molecule has 3 atom stereocenters. The van der Waals surface area contributed by atoms with Gasteiger partial charge >= 0.3 is 0 Å². The first-order valence-electron chi connectivity index (χ1n) is 12.6. The molecule has 0 bridgehead atoms. The number of rotatable bonds is 8. The zero-order chi connectivity index (χ0) is 24.9. The molecular weight excluding hydrogens is 447 g/mol. The molecule has 0 unspecified atom stereocenters. The number of carbonyl (C=O) groups is 2. The summed E-state index contributed by atoms with van der Waals surface area (Å²) in [7, 11) is 0. The Morgan fingerprint density at radius 3 is 2.74 bits per heavy atom. The van der Waals surface area contributed by atoms with Gasteiger partial charge in [0.1, 0.15) is 11.6 Å². The average Bonchev–Trinajstić information content (AvgIpc) is 3.38. The molecule has 35 heavy (non-hydrogen) atoms. The normalized spacial score (nSPS) is 20.4. The Labute approximate surface area is 206 Å². The molecule has 0 spiro atoms. The number of carbonyl (C=O) groups excluding carboxylic acids is 2. The van der Waals surface area contributed by atoms with Gasteiger partial charge in [-0.05, 0) is 66.6 Å². The van der Waals surface area contributed by atoms with Crippen LogP contribution in [0.15, 0.2) is 42.5 Å². The summed E-state index contributed by atoms with van der Waals surface area (Å²) in [6, 6.07) is 11.8. The molecule has 2 aromatic carbocycles. The number of hydrogen-bond acceptors (Lipinski definition) is 4. The highest BCUT2D eigenvalue weighted by Gasteiger charge is 2.34. The fraction of sp³-hybridized carbons (Fsp3) is 0.500. The number of hydrogen-bond donors (Lipinski definition) is 1. The maximum absolute atomic E-state index is 14.2. The molecule has 1 N–H and O–H groups in total. The molecule has 2 amide bonds. The standard InChI is InChI=1S/C28H35FN2O4/c1-4-25(27(32)30-17-23-9-6-14-34-23)35-22-11-10-19-12-13-31(28(33)18(2)3)26(24(19)16-22)20-7-5-8-21(29)15-20/h5,7-8,10-11,15-16,18,23,25-26H,4,6,9,12-14,17H2,1-3H3,(H,30,32)/t23-,25+,26+/m1/s1. The van der Waals surface area contributed by atoms with Gasteiger partial charge in [-0.3, -0.25) is 9.59 Å². The molecule has 2 aliphatic heterocycles. The van der Waals surface area contributed by atoms with Crippen molar-refractivity contribution in [2.24, 2.45) is 5.92 Å². The van der Waals surface area contributed by atoms with Gasteiger partial charge in [-0.1, -0.05) is 39.0 Å². The zero-order valence-electron chi connectivity index (χ0n) is 20.8. The predicted molar refractivity (Wildman–Crippen MR) is 132 cm³/mol. The van der Waals surface area contributed by atoms with Crippen LogP contribution < -0.4 is 10.1 Å². The van der Waals surface area contributed by atoms with E-state index < -0.39 is 12.1 Å². The van der Waals surface area contributed by atoms with Crippen molar-refractivity contribution in [1.82, 2.24) is 10.2 Å². The number of fused-ring (bicyclic) bond motifs is 1. The summed E-state index contributed by atoms with van der Waals surface area (Å²) in [6.07, 6.45) is 2.62. The van der Waals surface area contributed by atoms with E-state index in [4.69, 9.17) is 9.47 Å². The smallest absolute Gasteiger partial charge is 0.261 e. The van der Waals surface area contributed by atoms with E-state index in [-0.39, 0.29) is 29.7 Å². The summed E-state index contributed by atoms with van der Waals surface area (Å²) in [4.78, 5) is 27.7. The number of ether oxygens (including phenoxy) is 2. The first-order chi connectivity index (χ1) is 16.9. The summed E-state index contributed by atoms with van der Waals surface area (Å²) in [6.45, 7) is 7.45.